The molecule has 1 aliphatic carbocycles. The molecule has 0 radical (unpaired) electrons. The number of rotatable bonds is 0. The minimum absolute atomic E-state index is 0. The van der Waals surface area contributed by atoms with E-state index in [9.17, 15) is 0 Å². The maximum atomic E-state index is 2.99. The molecule has 0 aromatic carbocycles. The predicted molar refractivity (Wildman–Crippen MR) is 72.1 cm³/mol. The SMILES string of the molecule is Br.Br.[C-]1=CC=CC1.[CH3-].[CH3-].[SiH2]=[Ti]=[SiH2]. The van der Waals surface area contributed by atoms with Gasteiger partial charge in [-0.15, -0.1) is 40.4 Å². The topological polar surface area (TPSA) is 0 Å². The van der Waals surface area contributed by atoms with Crippen LogP contribution in [0.15, 0.2) is 18.2 Å². The number of allylic oxidation sites excluding steroid dienone is 4. The van der Waals surface area contributed by atoms with Crippen LogP contribution in [0.1, 0.15) is 6.42 Å². The predicted octanol–water partition coefficient (Wildman–Crippen LogP) is 1.53. The van der Waals surface area contributed by atoms with Crippen molar-refractivity contribution >= 4 is 49.2 Å². The third kappa shape index (κ3) is 29.9. The molecule has 0 spiro atoms. The summed E-state index contributed by atoms with van der Waals surface area (Å²) in [6.07, 6.45) is 10.0. The van der Waals surface area contributed by atoms with Gasteiger partial charge in [0.25, 0.3) is 0 Å². The first kappa shape index (κ1) is 29.2. The van der Waals surface area contributed by atoms with Gasteiger partial charge in [-0.25, -0.2) is 12.2 Å². The Morgan fingerprint density at radius 1 is 1.17 bits per heavy atom. The Bertz CT molecular complexity index is 130. The molecule has 5 heteroatoms. The van der Waals surface area contributed by atoms with Crippen molar-refractivity contribution in [3.8, 4) is 0 Å². The van der Waals surface area contributed by atoms with E-state index in [0.717, 1.165) is 6.42 Å². The van der Waals surface area contributed by atoms with Gasteiger partial charge in [0.15, 0.2) is 0 Å². The quantitative estimate of drug-likeness (QED) is 0.451. The molecule has 12 heavy (non-hydrogen) atoms. The molecule has 0 bridgehead atoms. The van der Waals surface area contributed by atoms with Gasteiger partial charge < -0.3 is 14.9 Å². The normalized spacial score (nSPS) is 8.00. The first-order valence-electron chi connectivity index (χ1n) is 2.42. The Kier molecular flexibility index (Phi) is 71.4. The van der Waals surface area contributed by atoms with Crippen LogP contribution >= 0.6 is 34.0 Å². The molecule has 0 heterocycles. The fraction of sp³-hybridized carbons (Fsp3) is 0.143. The second-order valence-electron chi connectivity index (χ2n) is 1.25. The standard InChI is InChI=1S/C5H5.2CH3.2BrH.2H2Si.Ti/c1-2-4-5-3-1;;;;;;;/h1-3H,4H2;2*1H3;2*1H;2*1H2;/q3*-1;;;;;. The molecule has 1 rings (SSSR count). The molecule has 0 amide bonds. The van der Waals surface area contributed by atoms with E-state index in [4.69, 9.17) is 0 Å². The second-order valence-corrected chi connectivity index (χ2v) is 10.3. The van der Waals surface area contributed by atoms with Gasteiger partial charge in [0.2, 0.25) is 0 Å². The Morgan fingerprint density at radius 2 is 1.58 bits per heavy atom. The van der Waals surface area contributed by atoms with Gasteiger partial charge in [-0.1, -0.05) is 0 Å². The van der Waals surface area contributed by atoms with Gasteiger partial charge in [0.05, 0.1) is 0 Å². The zero-order valence-electron chi connectivity index (χ0n) is 7.67. The maximum absolute atomic E-state index is 2.99. The van der Waals surface area contributed by atoms with Gasteiger partial charge >= 0.3 is 31.9 Å². The summed E-state index contributed by atoms with van der Waals surface area (Å²) in [7, 11) is 4.22. The third-order valence-electron chi connectivity index (χ3n) is 0.586. The monoisotopic (exact) mass is 363 g/mol. The van der Waals surface area contributed by atoms with Crippen molar-refractivity contribution in [3.05, 3.63) is 39.2 Å². The van der Waals surface area contributed by atoms with Crippen LogP contribution in [-0.4, -0.2) is 15.3 Å². The van der Waals surface area contributed by atoms with Crippen LogP contribution in [0.3, 0.4) is 0 Å². The van der Waals surface area contributed by atoms with Crippen molar-refractivity contribution in [3.63, 3.8) is 0 Å². The van der Waals surface area contributed by atoms with Crippen molar-refractivity contribution in [1.82, 2.24) is 0 Å². The van der Waals surface area contributed by atoms with E-state index < -0.39 is 0 Å². The molecule has 0 saturated carbocycles. The van der Waals surface area contributed by atoms with E-state index in [-0.39, 0.29) is 48.8 Å². The van der Waals surface area contributed by atoms with Crippen LogP contribution in [0.2, 0.25) is 0 Å². The molecule has 0 atom stereocenters. The van der Waals surface area contributed by atoms with Gasteiger partial charge in [-0.2, -0.15) is 6.08 Å². The van der Waals surface area contributed by atoms with E-state index in [1.165, 1.54) is 0 Å². The van der Waals surface area contributed by atoms with Crippen LogP contribution in [0, 0.1) is 20.9 Å². The van der Waals surface area contributed by atoms with E-state index in [0.29, 0.717) is 16.6 Å². The minimum atomic E-state index is 0. The van der Waals surface area contributed by atoms with Crippen molar-refractivity contribution in [2.24, 2.45) is 0 Å². The molecule has 0 aromatic heterocycles. The number of hydrogen-bond donors (Lipinski definition) is 0. The summed E-state index contributed by atoms with van der Waals surface area (Å²) < 4.78 is 0. The summed E-state index contributed by atoms with van der Waals surface area (Å²) in [5.74, 6) is 0. The summed E-state index contributed by atoms with van der Waals surface area (Å²) >= 11 is 0.556. The molecule has 74 valence electrons. The first-order valence-corrected chi connectivity index (χ1v) is 10.5. The number of halogens is 2. The van der Waals surface area contributed by atoms with E-state index in [2.05, 4.69) is 27.4 Å². The molecule has 0 fully saturated rings. The summed E-state index contributed by atoms with van der Waals surface area (Å²) in [6.45, 7) is 0. The molecule has 1 aliphatic rings. The summed E-state index contributed by atoms with van der Waals surface area (Å²) in [5.41, 5.74) is 0. The Labute approximate surface area is 110 Å². The van der Waals surface area contributed by atoms with Crippen LogP contribution < -0.4 is 0 Å². The zero-order chi connectivity index (χ0) is 6.24. The van der Waals surface area contributed by atoms with E-state index >= 15 is 0 Å². The summed E-state index contributed by atoms with van der Waals surface area (Å²) in [4.78, 5) is 0. The van der Waals surface area contributed by atoms with Crippen molar-refractivity contribution in [2.45, 2.75) is 6.42 Å². The fourth-order valence-electron chi connectivity index (χ4n) is 0.340. The van der Waals surface area contributed by atoms with Crippen molar-refractivity contribution < 1.29 is 16.6 Å². The van der Waals surface area contributed by atoms with Crippen molar-refractivity contribution in [1.29, 1.82) is 0 Å². The zero-order valence-corrected chi connectivity index (χ0v) is 15.5. The average Bonchev–Trinajstić information content (AvgIpc) is 2.17. The molecule has 0 saturated heterocycles. The van der Waals surface area contributed by atoms with Gasteiger partial charge in [0, 0.05) is 0 Å². The van der Waals surface area contributed by atoms with E-state index in [1.807, 2.05) is 12.2 Å². The second kappa shape index (κ2) is 29.4. The molecular weight excluding hydrogens is 348 g/mol. The Balaban J connectivity index is -0.0000000219. The van der Waals surface area contributed by atoms with Crippen LogP contribution in [0.4, 0.5) is 0 Å². The summed E-state index contributed by atoms with van der Waals surface area (Å²) in [5, 5.41) is 0. The summed E-state index contributed by atoms with van der Waals surface area (Å²) in [6, 6.07) is 0. The molecule has 0 N–H and O–H groups in total. The molecular formula is C7H17Br2Si2Ti-3. The van der Waals surface area contributed by atoms with Gasteiger partial charge in [-0.3, -0.25) is 6.08 Å². The van der Waals surface area contributed by atoms with Crippen LogP contribution in [0.5, 0.6) is 0 Å². The Hall–Kier alpha value is 1.59. The average molecular weight is 365 g/mol. The van der Waals surface area contributed by atoms with Crippen LogP contribution in [0.25, 0.3) is 0 Å². The van der Waals surface area contributed by atoms with Gasteiger partial charge in [0.1, 0.15) is 0 Å². The third-order valence-corrected chi connectivity index (χ3v) is 0.586. The molecule has 0 nitrogen and oxygen atoms in total. The molecule has 0 aromatic rings. The molecule has 0 aliphatic heterocycles. The fourth-order valence-corrected chi connectivity index (χ4v) is 0.340. The molecule has 0 unspecified atom stereocenters. The number of hydrogen-bond acceptors (Lipinski definition) is 0. The Morgan fingerprint density at radius 3 is 1.67 bits per heavy atom. The van der Waals surface area contributed by atoms with Gasteiger partial charge in [-0.05, 0) is 0 Å². The van der Waals surface area contributed by atoms with E-state index in [1.54, 1.807) is 0 Å². The van der Waals surface area contributed by atoms with Crippen molar-refractivity contribution in [2.75, 3.05) is 0 Å². The first-order chi connectivity index (χ1) is 3.91. The van der Waals surface area contributed by atoms with Crippen LogP contribution in [-0.2, 0) is 16.6 Å².